The fourth-order valence-electron chi connectivity index (χ4n) is 10.5. The first-order chi connectivity index (χ1) is 29.2. The van der Waals surface area contributed by atoms with Crippen molar-refractivity contribution in [2.75, 3.05) is 9.80 Å². The van der Waals surface area contributed by atoms with Crippen LogP contribution < -0.4 is 9.80 Å². The van der Waals surface area contributed by atoms with Gasteiger partial charge in [-0.05, 0) is 104 Å². The zero-order chi connectivity index (χ0) is 39.3. The molecule has 1 aliphatic heterocycles. The molecule has 5 unspecified atom stereocenters. The lowest BCUT2D eigenvalue weighted by atomic mass is 9.83. The molecule has 2 heteroatoms. The van der Waals surface area contributed by atoms with Crippen molar-refractivity contribution in [3.8, 4) is 22.3 Å². The topological polar surface area (TPSA) is 6.48 Å². The van der Waals surface area contributed by atoms with Crippen molar-refractivity contribution in [2.45, 2.75) is 50.1 Å². The van der Waals surface area contributed by atoms with Crippen LogP contribution in [0, 0.1) is 5.92 Å². The number of rotatable bonds is 7. The van der Waals surface area contributed by atoms with Gasteiger partial charge in [0, 0.05) is 34.6 Å². The summed E-state index contributed by atoms with van der Waals surface area (Å²) in [6.07, 6.45) is 22.1. The highest BCUT2D eigenvalue weighted by atomic mass is 15.3. The van der Waals surface area contributed by atoms with Crippen LogP contribution in [0.2, 0.25) is 0 Å². The monoisotopic (exact) mass is 760 g/mol. The van der Waals surface area contributed by atoms with Crippen LogP contribution in [0.1, 0.15) is 49.1 Å². The molecule has 3 aliphatic carbocycles. The second-order valence-corrected chi connectivity index (χ2v) is 16.8. The van der Waals surface area contributed by atoms with Gasteiger partial charge in [-0.25, -0.2) is 0 Å². The SMILES string of the molecule is CC1C=CC=C(N2c3ccccc3C3C=CC=CC32)C1N(C1=CCC(c2ccc(-c3cccc4ccccc34)cc2)CC1)c1ccc(-c2cccc3ccccc23)cc1. The van der Waals surface area contributed by atoms with Crippen LogP contribution in [-0.4, -0.2) is 12.1 Å². The van der Waals surface area contributed by atoms with Crippen molar-refractivity contribution < 1.29 is 0 Å². The molecule has 7 aromatic rings. The van der Waals surface area contributed by atoms with E-state index >= 15 is 0 Å². The first-order valence-electron chi connectivity index (χ1n) is 21.5. The molecule has 286 valence electrons. The lowest BCUT2D eigenvalue weighted by Crippen LogP contribution is -2.48. The molecule has 0 bridgehead atoms. The van der Waals surface area contributed by atoms with Crippen LogP contribution in [-0.2, 0) is 0 Å². The Morgan fingerprint density at radius 2 is 1.20 bits per heavy atom. The lowest BCUT2D eigenvalue weighted by Gasteiger charge is -2.46. The molecule has 0 saturated carbocycles. The standard InChI is InChI=1S/C57H48N2/c1-39-13-10-26-56(59-54-24-8-6-20-52(54)53-21-7-9-25-55(53)59)57(39)58(47-37-33-45(34-38-47)51-23-12-17-43-15-3-5-19-49(43)51)46-35-31-41(32-36-46)40-27-29-44(30-28-40)50-22-11-16-42-14-2-4-18-48(42)50/h2-30,33-35,37-39,41,52,54,57H,31-32,36H2,1H3. The van der Waals surface area contributed by atoms with Crippen molar-refractivity contribution >= 4 is 32.9 Å². The minimum absolute atomic E-state index is 0.122. The van der Waals surface area contributed by atoms with Crippen LogP contribution in [0.25, 0.3) is 43.8 Å². The zero-order valence-corrected chi connectivity index (χ0v) is 33.5. The fraction of sp³-hybridized carbons (Fsp3) is 0.158. The van der Waals surface area contributed by atoms with Gasteiger partial charge in [0.25, 0.3) is 0 Å². The minimum atomic E-state index is 0.122. The van der Waals surface area contributed by atoms with E-state index in [0.29, 0.717) is 17.8 Å². The Morgan fingerprint density at radius 1 is 0.576 bits per heavy atom. The quantitative estimate of drug-likeness (QED) is 0.160. The Morgan fingerprint density at radius 3 is 1.90 bits per heavy atom. The average molecular weight is 761 g/mol. The summed E-state index contributed by atoms with van der Waals surface area (Å²) in [6.45, 7) is 2.41. The average Bonchev–Trinajstić information content (AvgIpc) is 3.64. The summed E-state index contributed by atoms with van der Waals surface area (Å²) >= 11 is 0. The number of para-hydroxylation sites is 1. The number of anilines is 2. The van der Waals surface area contributed by atoms with E-state index < -0.39 is 0 Å². The van der Waals surface area contributed by atoms with E-state index in [-0.39, 0.29) is 12.1 Å². The Labute approximate surface area is 348 Å². The van der Waals surface area contributed by atoms with Crippen LogP contribution in [0.3, 0.4) is 0 Å². The molecular weight excluding hydrogens is 713 g/mol. The molecule has 11 rings (SSSR count). The number of benzene rings is 7. The van der Waals surface area contributed by atoms with Crippen molar-refractivity contribution in [3.63, 3.8) is 0 Å². The molecule has 0 amide bonds. The second kappa shape index (κ2) is 14.9. The predicted molar refractivity (Wildman–Crippen MR) is 250 cm³/mol. The molecular formula is C57H48N2. The third-order valence-corrected chi connectivity index (χ3v) is 13.4. The van der Waals surface area contributed by atoms with Crippen molar-refractivity contribution in [1.82, 2.24) is 0 Å². The van der Waals surface area contributed by atoms with Gasteiger partial charge in [-0.3, -0.25) is 0 Å². The van der Waals surface area contributed by atoms with Crippen LogP contribution in [0.4, 0.5) is 11.4 Å². The molecule has 0 fully saturated rings. The summed E-state index contributed by atoms with van der Waals surface area (Å²) in [5.74, 6) is 1.12. The molecule has 0 aromatic heterocycles. The van der Waals surface area contributed by atoms with Gasteiger partial charge in [0.15, 0.2) is 0 Å². The maximum atomic E-state index is 2.71. The number of hydrogen-bond acceptors (Lipinski definition) is 2. The molecule has 1 heterocycles. The van der Waals surface area contributed by atoms with Gasteiger partial charge in [-0.2, -0.15) is 0 Å². The third-order valence-electron chi connectivity index (χ3n) is 13.4. The van der Waals surface area contributed by atoms with Crippen LogP contribution >= 0.6 is 0 Å². The molecule has 0 saturated heterocycles. The Hall–Kier alpha value is -6.64. The summed E-state index contributed by atoms with van der Waals surface area (Å²) in [5.41, 5.74) is 13.3. The van der Waals surface area contributed by atoms with Gasteiger partial charge in [0.2, 0.25) is 0 Å². The number of fused-ring (bicyclic) bond motifs is 5. The second-order valence-electron chi connectivity index (χ2n) is 16.8. The maximum absolute atomic E-state index is 2.71. The Balaban J connectivity index is 0.961. The third kappa shape index (κ3) is 6.26. The Kier molecular flexibility index (Phi) is 9.00. The van der Waals surface area contributed by atoms with E-state index in [1.165, 1.54) is 77.7 Å². The lowest BCUT2D eigenvalue weighted by molar-refractivity contribution is 0.513. The van der Waals surface area contributed by atoms with Gasteiger partial charge in [0.05, 0.1) is 12.1 Å². The molecule has 59 heavy (non-hydrogen) atoms. The highest BCUT2D eigenvalue weighted by molar-refractivity contribution is 5.97. The molecule has 7 aromatic carbocycles. The van der Waals surface area contributed by atoms with Crippen molar-refractivity contribution in [2.24, 2.45) is 5.92 Å². The van der Waals surface area contributed by atoms with Gasteiger partial charge in [-0.1, -0.05) is 189 Å². The van der Waals surface area contributed by atoms with E-state index in [9.17, 15) is 0 Å². The number of hydrogen-bond donors (Lipinski definition) is 0. The molecule has 0 N–H and O–H groups in total. The minimum Gasteiger partial charge on any atom is -0.336 e. The molecule has 0 spiro atoms. The number of nitrogens with zero attached hydrogens (tertiary/aromatic N) is 2. The summed E-state index contributed by atoms with van der Waals surface area (Å²) in [6, 6.07) is 59.0. The van der Waals surface area contributed by atoms with Crippen LogP contribution in [0.15, 0.2) is 218 Å². The fourth-order valence-corrected chi connectivity index (χ4v) is 10.5. The summed E-state index contributed by atoms with van der Waals surface area (Å²) < 4.78 is 0. The maximum Gasteiger partial charge on any atom is 0.0799 e. The molecule has 2 nitrogen and oxygen atoms in total. The highest BCUT2D eigenvalue weighted by Gasteiger charge is 2.43. The van der Waals surface area contributed by atoms with Crippen molar-refractivity contribution in [3.05, 3.63) is 229 Å². The highest BCUT2D eigenvalue weighted by Crippen LogP contribution is 2.49. The van der Waals surface area contributed by atoms with E-state index in [4.69, 9.17) is 0 Å². The van der Waals surface area contributed by atoms with E-state index in [0.717, 1.165) is 19.3 Å². The first kappa shape index (κ1) is 35.5. The van der Waals surface area contributed by atoms with Crippen molar-refractivity contribution in [1.29, 1.82) is 0 Å². The van der Waals surface area contributed by atoms with Gasteiger partial charge >= 0.3 is 0 Å². The number of allylic oxidation sites excluding steroid dienone is 6. The Bertz CT molecular complexity index is 2840. The molecule has 5 atom stereocenters. The zero-order valence-electron chi connectivity index (χ0n) is 33.5. The predicted octanol–water partition coefficient (Wildman–Crippen LogP) is 14.5. The van der Waals surface area contributed by atoms with Crippen LogP contribution in [0.5, 0.6) is 0 Å². The van der Waals surface area contributed by atoms with Gasteiger partial charge < -0.3 is 9.80 Å². The molecule has 0 radical (unpaired) electrons. The molecule has 4 aliphatic rings. The van der Waals surface area contributed by atoms with E-state index in [2.05, 4.69) is 223 Å². The van der Waals surface area contributed by atoms with Gasteiger partial charge in [0.1, 0.15) is 0 Å². The first-order valence-corrected chi connectivity index (χ1v) is 21.5. The summed E-state index contributed by atoms with van der Waals surface area (Å²) in [7, 11) is 0. The summed E-state index contributed by atoms with van der Waals surface area (Å²) in [5, 5.41) is 5.16. The van der Waals surface area contributed by atoms with E-state index in [1.807, 2.05) is 0 Å². The largest absolute Gasteiger partial charge is 0.336 e. The summed E-state index contributed by atoms with van der Waals surface area (Å²) in [4.78, 5) is 5.37. The smallest absolute Gasteiger partial charge is 0.0799 e. The normalized spacial score (nSPS) is 21.9. The van der Waals surface area contributed by atoms with E-state index in [1.54, 1.807) is 0 Å². The van der Waals surface area contributed by atoms with Gasteiger partial charge in [-0.15, -0.1) is 0 Å².